The molecule has 0 aliphatic carbocycles. The monoisotopic (exact) mass is 475 g/mol. The summed E-state index contributed by atoms with van der Waals surface area (Å²) >= 11 is 0. The molecule has 184 valence electrons. The molecule has 4 rings (SSSR count). The quantitative estimate of drug-likeness (QED) is 0.393. The van der Waals surface area contributed by atoms with Crippen LogP contribution in [0.3, 0.4) is 0 Å². The van der Waals surface area contributed by atoms with Gasteiger partial charge < -0.3 is 24.3 Å². The first-order valence-electron chi connectivity index (χ1n) is 11.9. The Kier molecular flexibility index (Phi) is 7.31. The highest BCUT2D eigenvalue weighted by Gasteiger charge is 2.48. The Morgan fingerprint density at radius 1 is 1.03 bits per heavy atom. The lowest BCUT2D eigenvalue weighted by Crippen LogP contribution is -2.52. The minimum absolute atomic E-state index is 0.0735. The van der Waals surface area contributed by atoms with Crippen LogP contribution in [0.4, 0.5) is 5.69 Å². The number of carbonyl (C=O) groups excluding carboxylic acids is 1. The van der Waals surface area contributed by atoms with Crippen LogP contribution in [0.15, 0.2) is 72.8 Å². The summed E-state index contributed by atoms with van der Waals surface area (Å²) in [6.07, 6.45) is -1.19. The predicted octanol–water partition coefficient (Wildman–Crippen LogP) is 6.17. The molecule has 2 atom stereocenters. The Morgan fingerprint density at radius 2 is 1.74 bits per heavy atom. The van der Waals surface area contributed by atoms with Crippen LogP contribution < -0.4 is 14.8 Å². The minimum Gasteiger partial charge on any atom is -0.497 e. The average Bonchev–Trinajstić information content (AvgIpc) is 2.85. The Labute approximate surface area is 207 Å². The summed E-state index contributed by atoms with van der Waals surface area (Å²) in [7, 11) is 1.66. The van der Waals surface area contributed by atoms with Crippen molar-refractivity contribution in [3.05, 3.63) is 89.5 Å². The number of carbonyl (C=O) groups is 1. The van der Waals surface area contributed by atoms with Gasteiger partial charge in [-0.25, -0.2) is 4.79 Å². The van der Waals surface area contributed by atoms with E-state index in [1.807, 2.05) is 88.4 Å². The Morgan fingerprint density at radius 3 is 2.40 bits per heavy atom. The van der Waals surface area contributed by atoms with E-state index in [2.05, 4.69) is 5.32 Å². The van der Waals surface area contributed by atoms with Crippen molar-refractivity contribution in [2.45, 2.75) is 58.2 Å². The van der Waals surface area contributed by atoms with Crippen LogP contribution in [-0.2, 0) is 16.0 Å². The molecule has 0 bridgehead atoms. The van der Waals surface area contributed by atoms with Crippen LogP contribution in [0.5, 0.6) is 11.5 Å². The molecule has 2 unspecified atom stereocenters. The van der Waals surface area contributed by atoms with Gasteiger partial charge in [-0.05, 0) is 75.7 Å². The maximum absolute atomic E-state index is 13.0. The molecule has 1 N–H and O–H groups in total. The summed E-state index contributed by atoms with van der Waals surface area (Å²) in [5.41, 5.74) is 2.62. The highest BCUT2D eigenvalue weighted by molar-refractivity contribution is 5.89. The topological polar surface area (TPSA) is 66.0 Å². The normalized spacial score (nSPS) is 18.3. The number of esters is 1. The number of benzene rings is 3. The van der Waals surface area contributed by atoms with Gasteiger partial charge in [0.2, 0.25) is 0 Å². The fraction of sp³-hybridized carbons (Fsp3) is 0.345. The molecule has 1 aliphatic heterocycles. The van der Waals surface area contributed by atoms with Gasteiger partial charge in [-0.2, -0.15) is 0 Å². The zero-order chi connectivity index (χ0) is 25.0. The second kappa shape index (κ2) is 10.4. The molecule has 3 aromatic rings. The highest BCUT2D eigenvalue weighted by atomic mass is 16.6. The zero-order valence-electron chi connectivity index (χ0n) is 20.9. The SMILES string of the molecule is COc1ccc(CNc2ccc3c(c2)C(OC(C)C)C(OC(=O)c2ccccc2)C(C)(C)O3)cc1. The summed E-state index contributed by atoms with van der Waals surface area (Å²) in [6.45, 7) is 8.45. The molecule has 6 heteroatoms. The molecule has 3 aromatic carbocycles. The van der Waals surface area contributed by atoms with Gasteiger partial charge in [0.25, 0.3) is 0 Å². The summed E-state index contributed by atoms with van der Waals surface area (Å²) < 4.78 is 23.9. The molecule has 6 nitrogen and oxygen atoms in total. The van der Waals surface area contributed by atoms with E-state index in [1.54, 1.807) is 19.2 Å². The number of fused-ring (bicyclic) bond motifs is 1. The fourth-order valence-corrected chi connectivity index (χ4v) is 4.19. The molecule has 0 fully saturated rings. The zero-order valence-corrected chi connectivity index (χ0v) is 20.9. The van der Waals surface area contributed by atoms with Gasteiger partial charge in [-0.15, -0.1) is 0 Å². The summed E-state index contributed by atoms with van der Waals surface area (Å²) in [5.74, 6) is 1.15. The Hall–Kier alpha value is -3.51. The lowest BCUT2D eigenvalue weighted by molar-refractivity contribution is -0.151. The molecule has 0 aromatic heterocycles. The molecule has 0 spiro atoms. The Bertz CT molecular complexity index is 1140. The van der Waals surface area contributed by atoms with Crippen LogP contribution in [0.25, 0.3) is 0 Å². The van der Waals surface area contributed by atoms with Crippen LogP contribution >= 0.6 is 0 Å². The summed E-state index contributed by atoms with van der Waals surface area (Å²) in [6, 6.07) is 22.9. The summed E-state index contributed by atoms with van der Waals surface area (Å²) in [4.78, 5) is 13.0. The molecule has 0 amide bonds. The maximum Gasteiger partial charge on any atom is 0.338 e. The van der Waals surface area contributed by atoms with E-state index in [9.17, 15) is 4.79 Å². The first-order chi connectivity index (χ1) is 16.8. The second-order valence-corrected chi connectivity index (χ2v) is 9.46. The molecular formula is C29H33NO5. The first kappa shape index (κ1) is 24.6. The van der Waals surface area contributed by atoms with E-state index >= 15 is 0 Å². The molecule has 0 saturated carbocycles. The molecule has 35 heavy (non-hydrogen) atoms. The van der Waals surface area contributed by atoms with Crippen molar-refractivity contribution in [2.24, 2.45) is 0 Å². The van der Waals surface area contributed by atoms with Gasteiger partial charge in [-0.1, -0.05) is 30.3 Å². The predicted molar refractivity (Wildman–Crippen MR) is 136 cm³/mol. The lowest BCUT2D eigenvalue weighted by atomic mass is 9.87. The van der Waals surface area contributed by atoms with E-state index in [1.165, 1.54) is 0 Å². The second-order valence-electron chi connectivity index (χ2n) is 9.46. The van der Waals surface area contributed by atoms with Crippen LogP contribution in [0.2, 0.25) is 0 Å². The fourth-order valence-electron chi connectivity index (χ4n) is 4.19. The lowest BCUT2D eigenvalue weighted by Gasteiger charge is -2.44. The average molecular weight is 476 g/mol. The van der Waals surface area contributed by atoms with Gasteiger partial charge >= 0.3 is 5.97 Å². The minimum atomic E-state index is -0.783. The number of nitrogens with one attached hydrogen (secondary N) is 1. The van der Waals surface area contributed by atoms with E-state index in [4.69, 9.17) is 18.9 Å². The third-order valence-corrected chi connectivity index (χ3v) is 5.97. The van der Waals surface area contributed by atoms with Gasteiger partial charge in [0, 0.05) is 17.8 Å². The van der Waals surface area contributed by atoms with E-state index in [0.29, 0.717) is 12.1 Å². The number of hydrogen-bond acceptors (Lipinski definition) is 6. The van der Waals surface area contributed by atoms with Crippen molar-refractivity contribution < 1.29 is 23.7 Å². The number of hydrogen-bond donors (Lipinski definition) is 1. The molecule has 1 aliphatic rings. The van der Waals surface area contributed by atoms with Crippen molar-refractivity contribution in [3.8, 4) is 11.5 Å². The highest BCUT2D eigenvalue weighted by Crippen LogP contribution is 2.45. The van der Waals surface area contributed by atoms with Crippen LogP contribution in [-0.4, -0.2) is 30.9 Å². The van der Waals surface area contributed by atoms with Gasteiger partial charge in [0.05, 0.1) is 18.8 Å². The number of anilines is 1. The van der Waals surface area contributed by atoms with Gasteiger partial charge in [0.1, 0.15) is 23.2 Å². The third kappa shape index (κ3) is 5.77. The van der Waals surface area contributed by atoms with Crippen molar-refractivity contribution in [2.75, 3.05) is 12.4 Å². The van der Waals surface area contributed by atoms with E-state index in [0.717, 1.165) is 28.3 Å². The molecule has 0 saturated heterocycles. The first-order valence-corrected chi connectivity index (χ1v) is 11.9. The number of ether oxygens (including phenoxy) is 4. The third-order valence-electron chi connectivity index (χ3n) is 5.97. The van der Waals surface area contributed by atoms with Crippen molar-refractivity contribution in [1.82, 2.24) is 0 Å². The van der Waals surface area contributed by atoms with Gasteiger partial charge in [0.15, 0.2) is 6.10 Å². The van der Waals surface area contributed by atoms with Crippen molar-refractivity contribution in [1.29, 1.82) is 0 Å². The largest absolute Gasteiger partial charge is 0.497 e. The maximum atomic E-state index is 13.0. The molecule has 0 radical (unpaired) electrons. The van der Waals surface area contributed by atoms with Crippen molar-refractivity contribution >= 4 is 11.7 Å². The standard InChI is InChI=1S/C29H33NO5/c1-19(2)33-26-24-17-22(30-18-20-11-14-23(32-5)15-12-20)13-16-25(24)35-29(3,4)27(26)34-28(31)21-9-7-6-8-10-21/h6-17,19,26-27,30H,18H2,1-5H3. The van der Waals surface area contributed by atoms with Gasteiger partial charge in [-0.3, -0.25) is 0 Å². The van der Waals surface area contributed by atoms with E-state index < -0.39 is 23.8 Å². The van der Waals surface area contributed by atoms with E-state index in [-0.39, 0.29) is 6.10 Å². The number of methoxy groups -OCH3 is 1. The Balaban J connectivity index is 1.60. The number of rotatable bonds is 8. The molecular weight excluding hydrogens is 442 g/mol. The van der Waals surface area contributed by atoms with Crippen molar-refractivity contribution in [3.63, 3.8) is 0 Å². The van der Waals surface area contributed by atoms with Crippen LogP contribution in [0.1, 0.15) is 55.3 Å². The van der Waals surface area contributed by atoms with Crippen LogP contribution in [0, 0.1) is 0 Å². The molecule has 1 heterocycles. The smallest absolute Gasteiger partial charge is 0.338 e. The summed E-state index contributed by atoms with van der Waals surface area (Å²) in [5, 5.41) is 3.46.